The number of carbonyl (C=O) groups is 1. The fourth-order valence-corrected chi connectivity index (χ4v) is 6.10. The van der Waals surface area contributed by atoms with Gasteiger partial charge in [0.05, 0.1) is 0 Å². The van der Waals surface area contributed by atoms with Gasteiger partial charge in [0.15, 0.2) is 5.78 Å². The van der Waals surface area contributed by atoms with Crippen molar-refractivity contribution in [3.8, 4) is 0 Å². The smallest absolute Gasteiger partial charge is 0.164 e. The molecular weight excluding hydrogens is 526 g/mol. The molecule has 186 valence electrons. The van der Waals surface area contributed by atoms with E-state index in [1.54, 1.807) is 23.9 Å². The van der Waals surface area contributed by atoms with Gasteiger partial charge in [0.25, 0.3) is 0 Å². The molecule has 0 amide bonds. The van der Waals surface area contributed by atoms with Crippen molar-refractivity contribution in [1.29, 1.82) is 0 Å². The molecule has 5 rings (SSSR count). The molecule has 3 nitrogen and oxygen atoms in total. The number of ketones is 1. The van der Waals surface area contributed by atoms with E-state index < -0.39 is 0 Å². The van der Waals surface area contributed by atoms with E-state index in [4.69, 9.17) is 11.6 Å². The number of nitrogens with zero attached hydrogens (tertiary/aromatic N) is 2. The van der Waals surface area contributed by atoms with Gasteiger partial charge in [-0.1, -0.05) is 59.8 Å². The number of hydrogen-bond donors (Lipinski definition) is 0. The fraction of sp³-hybridized carbons (Fsp3) is 0.296. The van der Waals surface area contributed by atoms with Gasteiger partial charge in [0, 0.05) is 65.6 Å². The molecular formula is C27H28Cl3FN2OS. The molecule has 0 aromatic heterocycles. The van der Waals surface area contributed by atoms with Crippen LogP contribution in [0.4, 0.5) is 4.39 Å². The highest BCUT2D eigenvalue weighted by Crippen LogP contribution is 2.44. The van der Waals surface area contributed by atoms with Gasteiger partial charge >= 0.3 is 0 Å². The Morgan fingerprint density at radius 3 is 2.43 bits per heavy atom. The number of hydrogen-bond acceptors (Lipinski definition) is 4. The van der Waals surface area contributed by atoms with E-state index in [-0.39, 0.29) is 42.5 Å². The Kier molecular flexibility index (Phi) is 10.1. The molecule has 2 aliphatic heterocycles. The maximum absolute atomic E-state index is 14.1. The molecule has 8 heteroatoms. The predicted molar refractivity (Wildman–Crippen MR) is 146 cm³/mol. The third-order valence-electron chi connectivity index (χ3n) is 6.59. The molecule has 0 radical (unpaired) electrons. The minimum Gasteiger partial charge on any atom is -0.300 e. The topological polar surface area (TPSA) is 23.6 Å². The molecule has 1 fully saturated rings. The van der Waals surface area contributed by atoms with Crippen LogP contribution in [0.3, 0.4) is 0 Å². The average molecular weight is 554 g/mol. The summed E-state index contributed by atoms with van der Waals surface area (Å²) >= 11 is 7.94. The van der Waals surface area contributed by atoms with E-state index in [0.29, 0.717) is 6.42 Å². The van der Waals surface area contributed by atoms with Crippen LogP contribution in [-0.4, -0.2) is 48.3 Å². The number of rotatable bonds is 5. The molecule has 3 aromatic rings. The number of piperazine rings is 1. The third kappa shape index (κ3) is 6.59. The number of halogens is 4. The second-order valence-electron chi connectivity index (χ2n) is 8.67. The number of fused-ring (bicyclic) bond motifs is 2. The minimum absolute atomic E-state index is 0. The standard InChI is InChI=1S/C27H26ClFN2OS.2ClH/c28-21-6-9-26-20(16-21)17-24(23-8-7-22(29)18-27(23)33-26)31-14-12-30(13-15-31)11-10-25(32)19-4-2-1-3-5-19;;/h1-9,16,18,24H,10-15,17H2;2*1H. The highest BCUT2D eigenvalue weighted by atomic mass is 35.5. The quantitative estimate of drug-likeness (QED) is 0.319. The zero-order chi connectivity index (χ0) is 22.8. The van der Waals surface area contributed by atoms with Crippen LogP contribution in [0.25, 0.3) is 0 Å². The number of carbonyl (C=O) groups excluding carboxylic acids is 1. The van der Waals surface area contributed by atoms with Gasteiger partial charge in [-0.2, -0.15) is 0 Å². The lowest BCUT2D eigenvalue weighted by atomic mass is 9.96. The van der Waals surface area contributed by atoms with Gasteiger partial charge in [-0.15, -0.1) is 24.8 Å². The van der Waals surface area contributed by atoms with Gasteiger partial charge in [-0.25, -0.2) is 4.39 Å². The van der Waals surface area contributed by atoms with Crippen molar-refractivity contribution >= 4 is 54.0 Å². The summed E-state index contributed by atoms with van der Waals surface area (Å²) in [5.41, 5.74) is 3.18. The van der Waals surface area contributed by atoms with Crippen molar-refractivity contribution in [3.63, 3.8) is 0 Å². The van der Waals surface area contributed by atoms with E-state index >= 15 is 0 Å². The van der Waals surface area contributed by atoms with Crippen LogP contribution in [0, 0.1) is 5.82 Å². The molecule has 0 saturated carbocycles. The molecule has 3 aromatic carbocycles. The van der Waals surface area contributed by atoms with Gasteiger partial charge < -0.3 is 4.90 Å². The summed E-state index contributed by atoms with van der Waals surface area (Å²) in [7, 11) is 0. The summed E-state index contributed by atoms with van der Waals surface area (Å²) in [6.45, 7) is 4.46. The lowest BCUT2D eigenvalue weighted by Crippen LogP contribution is -2.48. The Balaban J connectivity index is 0.00000171. The first kappa shape index (κ1) is 28.0. The summed E-state index contributed by atoms with van der Waals surface area (Å²) < 4.78 is 14.1. The van der Waals surface area contributed by atoms with E-state index in [1.807, 2.05) is 54.6 Å². The molecule has 2 aliphatic rings. The zero-order valence-corrected chi connectivity index (χ0v) is 22.4. The van der Waals surface area contributed by atoms with Crippen molar-refractivity contribution < 1.29 is 9.18 Å². The first-order valence-corrected chi connectivity index (χ1v) is 12.6. The summed E-state index contributed by atoms with van der Waals surface area (Å²) in [5, 5.41) is 0.734. The maximum atomic E-state index is 14.1. The Bertz CT molecular complexity index is 1160. The zero-order valence-electron chi connectivity index (χ0n) is 19.2. The molecule has 1 saturated heterocycles. The second-order valence-corrected chi connectivity index (χ2v) is 10.2. The van der Waals surface area contributed by atoms with Crippen LogP contribution in [0.5, 0.6) is 0 Å². The van der Waals surface area contributed by atoms with Crippen molar-refractivity contribution in [2.75, 3.05) is 32.7 Å². The molecule has 0 spiro atoms. The Morgan fingerprint density at radius 2 is 1.69 bits per heavy atom. The predicted octanol–water partition coefficient (Wildman–Crippen LogP) is 6.96. The lowest BCUT2D eigenvalue weighted by Gasteiger charge is -2.39. The second kappa shape index (κ2) is 12.6. The van der Waals surface area contributed by atoms with E-state index in [1.165, 1.54) is 11.1 Å². The lowest BCUT2D eigenvalue weighted by molar-refractivity contribution is 0.0839. The Hall–Kier alpha value is -1.60. The first-order valence-electron chi connectivity index (χ1n) is 11.4. The van der Waals surface area contributed by atoms with Crippen LogP contribution in [0.15, 0.2) is 76.5 Å². The van der Waals surface area contributed by atoms with E-state index in [0.717, 1.165) is 59.5 Å². The average Bonchev–Trinajstić information content (AvgIpc) is 2.99. The van der Waals surface area contributed by atoms with Gasteiger partial charge in [-0.3, -0.25) is 9.69 Å². The van der Waals surface area contributed by atoms with Gasteiger partial charge in [-0.05, 0) is 47.9 Å². The van der Waals surface area contributed by atoms with Crippen molar-refractivity contribution in [1.82, 2.24) is 9.80 Å². The number of Topliss-reactive ketones (excluding diaryl/α,β-unsaturated/α-hetero) is 1. The van der Waals surface area contributed by atoms with Crippen LogP contribution in [0.2, 0.25) is 5.02 Å². The van der Waals surface area contributed by atoms with Crippen molar-refractivity contribution in [2.45, 2.75) is 28.7 Å². The number of benzene rings is 3. The fourth-order valence-electron chi connectivity index (χ4n) is 4.77. The monoisotopic (exact) mass is 552 g/mol. The van der Waals surface area contributed by atoms with E-state index in [2.05, 4.69) is 9.80 Å². The maximum Gasteiger partial charge on any atom is 0.164 e. The summed E-state index contributed by atoms with van der Waals surface area (Å²) in [4.78, 5) is 19.5. The summed E-state index contributed by atoms with van der Waals surface area (Å²) in [6, 6.07) is 20.9. The molecule has 1 atom stereocenters. The minimum atomic E-state index is -0.203. The van der Waals surface area contributed by atoms with Crippen LogP contribution in [-0.2, 0) is 6.42 Å². The van der Waals surface area contributed by atoms with Gasteiger partial charge in [0.2, 0.25) is 0 Å². The van der Waals surface area contributed by atoms with Crippen molar-refractivity contribution in [3.05, 3.63) is 94.3 Å². The largest absolute Gasteiger partial charge is 0.300 e. The van der Waals surface area contributed by atoms with Gasteiger partial charge in [0.1, 0.15) is 5.82 Å². The highest BCUT2D eigenvalue weighted by molar-refractivity contribution is 7.99. The highest BCUT2D eigenvalue weighted by Gasteiger charge is 2.30. The van der Waals surface area contributed by atoms with Crippen LogP contribution in [0.1, 0.15) is 33.9 Å². The Morgan fingerprint density at radius 1 is 0.943 bits per heavy atom. The molecule has 0 aliphatic carbocycles. The third-order valence-corrected chi connectivity index (χ3v) is 8.02. The van der Waals surface area contributed by atoms with Crippen LogP contribution >= 0.6 is 48.2 Å². The molecule has 35 heavy (non-hydrogen) atoms. The normalized spacial score (nSPS) is 17.8. The first-order chi connectivity index (χ1) is 16.1. The van der Waals surface area contributed by atoms with Crippen molar-refractivity contribution in [2.24, 2.45) is 0 Å². The molecule has 2 heterocycles. The van der Waals surface area contributed by atoms with Crippen LogP contribution < -0.4 is 0 Å². The Labute approximate surface area is 227 Å². The van der Waals surface area contributed by atoms with E-state index in [9.17, 15) is 9.18 Å². The summed E-state index contributed by atoms with van der Waals surface area (Å²) in [6.07, 6.45) is 1.39. The molecule has 0 bridgehead atoms. The molecule has 0 N–H and O–H groups in total. The molecule has 1 unspecified atom stereocenters. The SMILES string of the molecule is Cl.Cl.O=C(CCN1CCN(C2Cc3cc(Cl)ccc3Sc3cc(F)ccc32)CC1)c1ccccc1. The summed E-state index contributed by atoms with van der Waals surface area (Å²) in [5.74, 6) is -0.00595.